The number of carbonyl (C=O) groups is 1. The van der Waals surface area contributed by atoms with Crippen LogP contribution in [-0.2, 0) is 0 Å². The molecule has 1 N–H and O–H groups in total. The van der Waals surface area contributed by atoms with Crippen molar-refractivity contribution in [1.82, 2.24) is 4.98 Å². The molecule has 0 saturated heterocycles. The minimum absolute atomic E-state index is 0.0580. The van der Waals surface area contributed by atoms with Crippen molar-refractivity contribution in [3.05, 3.63) is 48.3 Å². The van der Waals surface area contributed by atoms with Crippen molar-refractivity contribution in [1.29, 1.82) is 0 Å². The van der Waals surface area contributed by atoms with Crippen molar-refractivity contribution in [2.45, 2.75) is 0 Å². The Morgan fingerprint density at radius 2 is 2.17 bits per heavy atom. The lowest BCUT2D eigenvalue weighted by Crippen LogP contribution is -1.79. The highest BCUT2D eigenvalue weighted by atomic mass is 32.1. The van der Waals surface area contributed by atoms with Crippen LogP contribution in [0.25, 0.3) is 20.5 Å². The predicted octanol–water partition coefficient (Wildman–Crippen LogP) is 3.48. The van der Waals surface area contributed by atoms with Gasteiger partial charge in [-0.15, -0.1) is 11.3 Å². The van der Waals surface area contributed by atoms with Crippen LogP contribution in [0, 0.1) is 0 Å². The smallest absolute Gasteiger partial charge is 0.153 e. The first kappa shape index (κ1) is 10.9. The van der Waals surface area contributed by atoms with E-state index in [0.29, 0.717) is 11.8 Å². The fourth-order valence-electron chi connectivity index (χ4n) is 1.85. The van der Waals surface area contributed by atoms with Gasteiger partial charge in [0.15, 0.2) is 6.29 Å². The van der Waals surface area contributed by atoms with Crippen molar-refractivity contribution >= 4 is 27.7 Å². The van der Waals surface area contributed by atoms with Gasteiger partial charge in [0.25, 0.3) is 0 Å². The number of benzene rings is 1. The van der Waals surface area contributed by atoms with Gasteiger partial charge in [-0.3, -0.25) is 9.78 Å². The number of hydrogen-bond acceptors (Lipinski definition) is 4. The summed E-state index contributed by atoms with van der Waals surface area (Å²) < 4.78 is 0.735. The number of rotatable bonds is 2. The molecule has 0 aliphatic heterocycles. The maximum absolute atomic E-state index is 10.8. The average Bonchev–Trinajstić information content (AvgIpc) is 2.85. The maximum atomic E-state index is 10.8. The van der Waals surface area contributed by atoms with Crippen LogP contribution in [-0.4, -0.2) is 16.4 Å². The predicted molar refractivity (Wildman–Crippen MR) is 72.1 cm³/mol. The highest BCUT2D eigenvalue weighted by Gasteiger charge is 2.10. The number of fused-ring (bicyclic) bond motifs is 1. The summed E-state index contributed by atoms with van der Waals surface area (Å²) in [6.45, 7) is 0. The number of aldehydes is 1. The highest BCUT2D eigenvalue weighted by molar-refractivity contribution is 7.22. The van der Waals surface area contributed by atoms with E-state index >= 15 is 0 Å². The van der Waals surface area contributed by atoms with Crippen LogP contribution < -0.4 is 0 Å². The molecule has 0 aliphatic rings. The second kappa shape index (κ2) is 4.23. The van der Waals surface area contributed by atoms with Crippen molar-refractivity contribution in [2.24, 2.45) is 0 Å². The zero-order chi connectivity index (χ0) is 12.5. The summed E-state index contributed by atoms with van der Waals surface area (Å²) in [5, 5.41) is 10.9. The number of phenols is 1. The molecular weight excluding hydrogens is 246 g/mol. The third-order valence-corrected chi connectivity index (χ3v) is 3.97. The Labute approximate surface area is 107 Å². The third kappa shape index (κ3) is 1.67. The molecule has 3 rings (SSSR count). The Morgan fingerprint density at radius 3 is 2.89 bits per heavy atom. The Balaban J connectivity index is 2.23. The third-order valence-electron chi connectivity index (χ3n) is 2.76. The molecule has 3 aromatic rings. The lowest BCUT2D eigenvalue weighted by atomic mass is 10.1. The molecule has 0 unspecified atom stereocenters. The minimum atomic E-state index is 0.0580. The maximum Gasteiger partial charge on any atom is 0.153 e. The van der Waals surface area contributed by atoms with Gasteiger partial charge in [-0.25, -0.2) is 0 Å². The van der Waals surface area contributed by atoms with E-state index in [1.807, 2.05) is 24.3 Å². The highest BCUT2D eigenvalue weighted by Crippen LogP contribution is 2.39. The average molecular weight is 255 g/mol. The summed E-state index contributed by atoms with van der Waals surface area (Å²) in [4.78, 5) is 15.9. The van der Waals surface area contributed by atoms with E-state index in [1.165, 1.54) is 11.3 Å². The fraction of sp³-hybridized carbons (Fsp3) is 0. The standard InChI is InChI=1S/C14H9NO2S/c16-8-11-4-3-9-6-12(18-14(9)13(11)17)10-2-1-5-15-7-10/h1-8,17H. The number of aromatic hydroxyl groups is 1. The van der Waals surface area contributed by atoms with Crippen molar-refractivity contribution in [3.8, 4) is 16.2 Å². The molecule has 0 atom stereocenters. The molecule has 88 valence electrons. The summed E-state index contributed by atoms with van der Waals surface area (Å²) in [5.41, 5.74) is 1.33. The number of hydrogen-bond donors (Lipinski definition) is 1. The Bertz CT molecular complexity index is 719. The quantitative estimate of drug-likeness (QED) is 0.713. The van der Waals surface area contributed by atoms with Crippen molar-refractivity contribution in [2.75, 3.05) is 0 Å². The van der Waals surface area contributed by atoms with E-state index in [0.717, 1.165) is 20.5 Å². The van der Waals surface area contributed by atoms with Gasteiger partial charge in [-0.1, -0.05) is 12.1 Å². The van der Waals surface area contributed by atoms with E-state index in [1.54, 1.807) is 18.5 Å². The van der Waals surface area contributed by atoms with Crippen molar-refractivity contribution < 1.29 is 9.90 Å². The van der Waals surface area contributed by atoms with Crippen LogP contribution in [0.4, 0.5) is 0 Å². The van der Waals surface area contributed by atoms with Crippen LogP contribution in [0.3, 0.4) is 0 Å². The van der Waals surface area contributed by atoms with Crippen LogP contribution in [0.2, 0.25) is 0 Å². The number of aromatic nitrogens is 1. The van der Waals surface area contributed by atoms with Crippen LogP contribution >= 0.6 is 11.3 Å². The molecule has 0 radical (unpaired) electrons. The SMILES string of the molecule is O=Cc1ccc2cc(-c3cccnc3)sc2c1O. The first-order valence-electron chi connectivity index (χ1n) is 5.40. The van der Waals surface area contributed by atoms with E-state index in [9.17, 15) is 9.90 Å². The summed E-state index contributed by atoms with van der Waals surface area (Å²) in [5.74, 6) is 0.0580. The first-order chi connectivity index (χ1) is 8.79. The number of thiophene rings is 1. The number of phenolic OH excluding ortho intramolecular Hbond substituents is 1. The van der Waals surface area contributed by atoms with E-state index in [-0.39, 0.29) is 5.75 Å². The van der Waals surface area contributed by atoms with Gasteiger partial charge in [0.2, 0.25) is 0 Å². The number of pyridine rings is 1. The fourth-order valence-corrected chi connectivity index (χ4v) is 2.95. The monoisotopic (exact) mass is 255 g/mol. The lowest BCUT2D eigenvalue weighted by Gasteiger charge is -1.97. The second-order valence-electron chi connectivity index (χ2n) is 3.89. The molecule has 0 amide bonds. The van der Waals surface area contributed by atoms with Gasteiger partial charge in [-0.05, 0) is 23.6 Å². The first-order valence-corrected chi connectivity index (χ1v) is 6.22. The molecule has 18 heavy (non-hydrogen) atoms. The Morgan fingerprint density at radius 1 is 1.28 bits per heavy atom. The van der Waals surface area contributed by atoms with Crippen LogP contribution in [0.5, 0.6) is 5.75 Å². The number of carbonyl (C=O) groups excluding carboxylic acids is 1. The topological polar surface area (TPSA) is 50.2 Å². The summed E-state index contributed by atoms with van der Waals surface area (Å²) >= 11 is 1.46. The molecule has 0 fully saturated rings. The molecule has 2 heterocycles. The largest absolute Gasteiger partial charge is 0.506 e. The number of nitrogens with zero attached hydrogens (tertiary/aromatic N) is 1. The molecule has 0 aliphatic carbocycles. The van der Waals surface area contributed by atoms with E-state index < -0.39 is 0 Å². The molecule has 0 spiro atoms. The molecular formula is C14H9NO2S. The lowest BCUT2D eigenvalue weighted by molar-refractivity contribution is 0.112. The summed E-state index contributed by atoms with van der Waals surface area (Å²) in [6, 6.07) is 9.30. The van der Waals surface area contributed by atoms with Gasteiger partial charge in [0.1, 0.15) is 5.75 Å². The van der Waals surface area contributed by atoms with Crippen LogP contribution in [0.1, 0.15) is 10.4 Å². The van der Waals surface area contributed by atoms with E-state index in [4.69, 9.17) is 0 Å². The summed E-state index contributed by atoms with van der Waals surface area (Å²) in [6.07, 6.45) is 4.17. The molecule has 0 bridgehead atoms. The minimum Gasteiger partial charge on any atom is -0.506 e. The molecule has 0 saturated carbocycles. The summed E-state index contributed by atoms with van der Waals surface area (Å²) in [7, 11) is 0. The van der Waals surface area contributed by atoms with E-state index in [2.05, 4.69) is 4.98 Å². The van der Waals surface area contributed by atoms with Gasteiger partial charge < -0.3 is 5.11 Å². The zero-order valence-electron chi connectivity index (χ0n) is 9.33. The van der Waals surface area contributed by atoms with Gasteiger partial charge >= 0.3 is 0 Å². The van der Waals surface area contributed by atoms with Gasteiger partial charge in [0.05, 0.1) is 10.3 Å². The Hall–Kier alpha value is -2.20. The molecule has 2 aromatic heterocycles. The molecule has 3 nitrogen and oxygen atoms in total. The Kier molecular flexibility index (Phi) is 2.57. The van der Waals surface area contributed by atoms with Gasteiger partial charge in [-0.2, -0.15) is 0 Å². The normalized spacial score (nSPS) is 10.7. The van der Waals surface area contributed by atoms with Gasteiger partial charge in [0, 0.05) is 22.8 Å². The molecule has 4 heteroatoms. The van der Waals surface area contributed by atoms with Crippen LogP contribution in [0.15, 0.2) is 42.7 Å². The van der Waals surface area contributed by atoms with Crippen molar-refractivity contribution in [3.63, 3.8) is 0 Å². The zero-order valence-corrected chi connectivity index (χ0v) is 10.1. The molecule has 1 aromatic carbocycles. The second-order valence-corrected chi connectivity index (χ2v) is 4.94.